The molecule has 2 rings (SSSR count). The molecule has 0 aliphatic heterocycles. The highest BCUT2D eigenvalue weighted by molar-refractivity contribution is 6.33. The number of aromatic nitrogens is 4. The Labute approximate surface area is 74.2 Å². The fourth-order valence-electron chi connectivity index (χ4n) is 1.10. The van der Waals surface area contributed by atoms with E-state index in [1.54, 1.807) is 10.9 Å². The minimum absolute atomic E-state index is 0.458. The van der Waals surface area contributed by atoms with Crippen molar-refractivity contribution >= 4 is 22.6 Å². The van der Waals surface area contributed by atoms with Crippen LogP contribution < -0.4 is 0 Å². The molecular weight excluding hydrogens is 176 g/mol. The molecule has 5 heteroatoms. The Hall–Kier alpha value is -1.16. The average molecular weight is 183 g/mol. The first kappa shape index (κ1) is 7.49. The van der Waals surface area contributed by atoms with E-state index < -0.39 is 0 Å². The normalized spacial score (nSPS) is 10.8. The van der Waals surface area contributed by atoms with E-state index in [1.807, 2.05) is 6.92 Å². The van der Waals surface area contributed by atoms with Crippen molar-refractivity contribution in [1.82, 2.24) is 19.7 Å². The number of hydrogen-bond acceptors (Lipinski definition) is 3. The first-order chi connectivity index (χ1) is 5.83. The van der Waals surface area contributed by atoms with Crippen molar-refractivity contribution in [3.63, 3.8) is 0 Å². The molecule has 0 saturated heterocycles. The van der Waals surface area contributed by atoms with Gasteiger partial charge in [-0.05, 0) is 6.92 Å². The Bertz CT molecular complexity index is 409. The molecule has 2 heterocycles. The minimum atomic E-state index is 0.458. The van der Waals surface area contributed by atoms with Crippen molar-refractivity contribution in [3.8, 4) is 0 Å². The zero-order valence-electron chi connectivity index (χ0n) is 6.53. The van der Waals surface area contributed by atoms with E-state index >= 15 is 0 Å². The van der Waals surface area contributed by atoms with Gasteiger partial charge in [0.15, 0.2) is 5.65 Å². The average Bonchev–Trinajstić information content (AvgIpc) is 2.49. The number of fused-ring (bicyclic) bond motifs is 1. The Morgan fingerprint density at radius 2 is 2.33 bits per heavy atom. The van der Waals surface area contributed by atoms with Crippen LogP contribution in [0.25, 0.3) is 11.0 Å². The van der Waals surface area contributed by atoms with E-state index in [4.69, 9.17) is 11.6 Å². The van der Waals surface area contributed by atoms with Gasteiger partial charge in [0.05, 0.1) is 11.6 Å². The van der Waals surface area contributed by atoms with Crippen LogP contribution in [0.15, 0.2) is 12.5 Å². The summed E-state index contributed by atoms with van der Waals surface area (Å²) >= 11 is 5.82. The molecule has 0 aliphatic rings. The van der Waals surface area contributed by atoms with Gasteiger partial charge in [-0.1, -0.05) is 11.6 Å². The highest BCUT2D eigenvalue weighted by Gasteiger charge is 2.05. The van der Waals surface area contributed by atoms with Gasteiger partial charge < -0.3 is 0 Å². The van der Waals surface area contributed by atoms with Crippen LogP contribution in [-0.4, -0.2) is 19.7 Å². The van der Waals surface area contributed by atoms with E-state index in [2.05, 4.69) is 15.1 Å². The number of nitrogens with zero attached hydrogens (tertiary/aromatic N) is 4. The lowest BCUT2D eigenvalue weighted by molar-refractivity contribution is 0.676. The largest absolute Gasteiger partial charge is 0.247 e. The third-order valence-corrected chi connectivity index (χ3v) is 1.99. The highest BCUT2D eigenvalue weighted by atomic mass is 35.5. The Balaban J connectivity index is 2.80. The molecule has 0 aromatic carbocycles. The van der Waals surface area contributed by atoms with Gasteiger partial charge >= 0.3 is 0 Å². The number of rotatable bonds is 1. The second kappa shape index (κ2) is 2.71. The van der Waals surface area contributed by atoms with Crippen LogP contribution >= 0.6 is 11.6 Å². The molecule has 62 valence electrons. The van der Waals surface area contributed by atoms with Gasteiger partial charge in [-0.2, -0.15) is 5.10 Å². The van der Waals surface area contributed by atoms with Crippen LogP contribution in [0.4, 0.5) is 0 Å². The smallest absolute Gasteiger partial charge is 0.162 e. The van der Waals surface area contributed by atoms with Gasteiger partial charge in [0.1, 0.15) is 11.5 Å². The lowest BCUT2D eigenvalue weighted by Gasteiger charge is -1.95. The second-order valence-electron chi connectivity index (χ2n) is 2.36. The summed E-state index contributed by atoms with van der Waals surface area (Å²) in [5, 5.41) is 5.37. The second-order valence-corrected chi connectivity index (χ2v) is 2.72. The van der Waals surface area contributed by atoms with Crippen molar-refractivity contribution in [2.24, 2.45) is 0 Å². The third kappa shape index (κ3) is 0.956. The maximum absolute atomic E-state index is 5.82. The van der Waals surface area contributed by atoms with Crippen molar-refractivity contribution in [2.45, 2.75) is 13.5 Å². The summed E-state index contributed by atoms with van der Waals surface area (Å²) in [5.74, 6) is 0. The molecular formula is C7H7ClN4. The van der Waals surface area contributed by atoms with Crippen LogP contribution in [0.5, 0.6) is 0 Å². The maximum Gasteiger partial charge on any atom is 0.162 e. The molecule has 0 radical (unpaired) electrons. The van der Waals surface area contributed by atoms with Gasteiger partial charge in [-0.25, -0.2) is 14.6 Å². The summed E-state index contributed by atoms with van der Waals surface area (Å²) in [4.78, 5) is 7.93. The van der Waals surface area contributed by atoms with Crippen LogP contribution in [0.1, 0.15) is 6.92 Å². The summed E-state index contributed by atoms with van der Waals surface area (Å²) in [6.45, 7) is 2.79. The molecule has 0 unspecified atom stereocenters. The van der Waals surface area contributed by atoms with Gasteiger partial charge in [0.25, 0.3) is 0 Å². The Morgan fingerprint density at radius 1 is 1.50 bits per heavy atom. The van der Waals surface area contributed by atoms with Gasteiger partial charge in [-0.3, -0.25) is 0 Å². The summed E-state index contributed by atoms with van der Waals surface area (Å²) in [5.41, 5.74) is 0.789. The van der Waals surface area contributed by atoms with Gasteiger partial charge in [-0.15, -0.1) is 0 Å². The molecule has 0 atom stereocenters. The standard InChI is InChI=1S/C7H7ClN4/c1-2-12-7-5(3-11-12)6(8)9-4-10-7/h3-4H,2H2,1H3. The van der Waals surface area contributed by atoms with Gasteiger partial charge in [0, 0.05) is 6.54 Å². The number of halogens is 1. The van der Waals surface area contributed by atoms with E-state index in [0.29, 0.717) is 5.15 Å². The van der Waals surface area contributed by atoms with E-state index in [9.17, 15) is 0 Å². The van der Waals surface area contributed by atoms with Gasteiger partial charge in [0.2, 0.25) is 0 Å². The van der Waals surface area contributed by atoms with Crippen LogP contribution in [0.2, 0.25) is 5.15 Å². The quantitative estimate of drug-likeness (QED) is 0.628. The molecule has 0 amide bonds. The van der Waals surface area contributed by atoms with Crippen LogP contribution in [0.3, 0.4) is 0 Å². The minimum Gasteiger partial charge on any atom is -0.247 e. The molecule has 12 heavy (non-hydrogen) atoms. The lowest BCUT2D eigenvalue weighted by Crippen LogP contribution is -1.97. The zero-order chi connectivity index (χ0) is 8.55. The first-order valence-electron chi connectivity index (χ1n) is 3.65. The predicted octanol–water partition coefficient (Wildman–Crippen LogP) is 1.50. The van der Waals surface area contributed by atoms with E-state index in [0.717, 1.165) is 17.6 Å². The number of aryl methyl sites for hydroxylation is 1. The SMILES string of the molecule is CCn1ncc2c(Cl)ncnc21. The van der Waals surface area contributed by atoms with Crippen LogP contribution in [0, 0.1) is 0 Å². The highest BCUT2D eigenvalue weighted by Crippen LogP contribution is 2.17. The summed E-state index contributed by atoms with van der Waals surface area (Å²) < 4.78 is 1.78. The summed E-state index contributed by atoms with van der Waals surface area (Å²) in [6.07, 6.45) is 3.12. The Morgan fingerprint density at radius 3 is 3.08 bits per heavy atom. The molecule has 0 spiro atoms. The van der Waals surface area contributed by atoms with E-state index in [1.165, 1.54) is 6.33 Å². The first-order valence-corrected chi connectivity index (χ1v) is 4.02. The maximum atomic E-state index is 5.82. The zero-order valence-corrected chi connectivity index (χ0v) is 7.28. The molecule has 0 saturated carbocycles. The molecule has 2 aromatic heterocycles. The van der Waals surface area contributed by atoms with Crippen LogP contribution in [-0.2, 0) is 6.54 Å². The molecule has 0 bridgehead atoms. The Kier molecular flexibility index (Phi) is 1.69. The molecule has 2 aromatic rings. The van der Waals surface area contributed by atoms with Crippen molar-refractivity contribution in [3.05, 3.63) is 17.7 Å². The summed E-state index contributed by atoms with van der Waals surface area (Å²) in [7, 11) is 0. The van der Waals surface area contributed by atoms with Crippen molar-refractivity contribution in [2.75, 3.05) is 0 Å². The fraction of sp³-hybridized carbons (Fsp3) is 0.286. The third-order valence-electron chi connectivity index (χ3n) is 1.68. The fourth-order valence-corrected chi connectivity index (χ4v) is 1.27. The van der Waals surface area contributed by atoms with Crippen molar-refractivity contribution in [1.29, 1.82) is 0 Å². The molecule has 4 nitrogen and oxygen atoms in total. The number of hydrogen-bond donors (Lipinski definition) is 0. The van der Waals surface area contributed by atoms with E-state index in [-0.39, 0.29) is 0 Å². The predicted molar refractivity (Wildman–Crippen MR) is 46.0 cm³/mol. The monoisotopic (exact) mass is 182 g/mol. The molecule has 0 aliphatic carbocycles. The molecule has 0 fully saturated rings. The van der Waals surface area contributed by atoms with Crippen molar-refractivity contribution < 1.29 is 0 Å². The summed E-state index contributed by atoms with van der Waals surface area (Å²) in [6, 6.07) is 0. The lowest BCUT2D eigenvalue weighted by atomic mass is 10.4. The topological polar surface area (TPSA) is 43.6 Å². The molecule has 0 N–H and O–H groups in total.